The summed E-state index contributed by atoms with van der Waals surface area (Å²) in [6.45, 7) is 0. The van der Waals surface area contributed by atoms with Crippen molar-refractivity contribution in [3.63, 3.8) is 0 Å². The molecule has 0 saturated carbocycles. The molecular weight excluding hydrogens is 480 g/mol. The average Bonchev–Trinajstić information content (AvgIpc) is 3.51. The van der Waals surface area contributed by atoms with Crippen molar-refractivity contribution in [2.75, 3.05) is 10.0 Å². The highest BCUT2D eigenvalue weighted by molar-refractivity contribution is 7.94. The lowest BCUT2D eigenvalue weighted by atomic mass is 10.1. The van der Waals surface area contributed by atoms with Gasteiger partial charge in [0.25, 0.3) is 15.9 Å². The zero-order chi connectivity index (χ0) is 23.3. The molecule has 0 bridgehead atoms. The predicted octanol–water partition coefficient (Wildman–Crippen LogP) is 5.01. The van der Waals surface area contributed by atoms with Gasteiger partial charge in [0.15, 0.2) is 0 Å². The molecule has 7 nitrogen and oxygen atoms in total. The Morgan fingerprint density at radius 2 is 1.48 bits per heavy atom. The van der Waals surface area contributed by atoms with Crippen LogP contribution in [0.25, 0.3) is 0 Å². The number of carbonyl (C=O) groups is 2. The van der Waals surface area contributed by atoms with Crippen molar-refractivity contribution in [3.8, 4) is 5.75 Å². The minimum absolute atomic E-state index is 0.0226. The summed E-state index contributed by atoms with van der Waals surface area (Å²) >= 11 is 2.48. The summed E-state index contributed by atoms with van der Waals surface area (Å²) < 4.78 is 32.6. The van der Waals surface area contributed by atoms with E-state index in [0.717, 1.165) is 11.3 Å². The largest absolute Gasteiger partial charge is 0.426 e. The number of hydrogen-bond acceptors (Lipinski definition) is 7. The van der Waals surface area contributed by atoms with Crippen LogP contribution in [0.1, 0.15) is 15.2 Å². The Kier molecular flexibility index (Phi) is 6.87. The topological polar surface area (TPSA) is 102 Å². The molecule has 0 spiro atoms. The number of rotatable bonds is 8. The van der Waals surface area contributed by atoms with Crippen molar-refractivity contribution in [2.45, 2.75) is 10.6 Å². The Morgan fingerprint density at radius 1 is 0.818 bits per heavy atom. The van der Waals surface area contributed by atoms with Crippen LogP contribution in [-0.4, -0.2) is 20.3 Å². The number of nitrogens with one attached hydrogen (secondary N) is 2. The van der Waals surface area contributed by atoms with Crippen molar-refractivity contribution < 1.29 is 22.7 Å². The third-order valence-corrected chi connectivity index (χ3v) is 8.05. The number of hydrogen-bond donors (Lipinski definition) is 2. The molecule has 1 amide bonds. The third-order valence-electron chi connectivity index (χ3n) is 4.40. The lowest BCUT2D eigenvalue weighted by Gasteiger charge is -2.08. The van der Waals surface area contributed by atoms with Gasteiger partial charge in [0, 0.05) is 11.4 Å². The van der Waals surface area contributed by atoms with Gasteiger partial charge in [-0.05, 0) is 64.9 Å². The molecule has 0 aliphatic carbocycles. The van der Waals surface area contributed by atoms with Crippen LogP contribution in [0.5, 0.6) is 5.75 Å². The third kappa shape index (κ3) is 6.07. The van der Waals surface area contributed by atoms with Crippen molar-refractivity contribution in [1.29, 1.82) is 0 Å². The van der Waals surface area contributed by atoms with Crippen LogP contribution in [0.15, 0.2) is 87.8 Å². The summed E-state index contributed by atoms with van der Waals surface area (Å²) in [5.74, 6) is -0.303. The molecule has 0 saturated heterocycles. The molecule has 2 N–H and O–H groups in total. The van der Waals surface area contributed by atoms with Gasteiger partial charge in [0.2, 0.25) is 0 Å². The zero-order valence-corrected chi connectivity index (χ0v) is 19.5. The molecule has 0 atom stereocenters. The van der Waals surface area contributed by atoms with E-state index in [-0.39, 0.29) is 16.5 Å². The first-order valence-corrected chi connectivity index (χ1v) is 12.9. The summed E-state index contributed by atoms with van der Waals surface area (Å²) in [4.78, 5) is 25.0. The van der Waals surface area contributed by atoms with Crippen LogP contribution in [0, 0.1) is 0 Å². The Hall–Kier alpha value is -3.47. The first kappa shape index (κ1) is 22.7. The summed E-state index contributed by atoms with van der Waals surface area (Å²) in [6.07, 6.45) is 0.0226. The van der Waals surface area contributed by atoms with Gasteiger partial charge in [0.1, 0.15) is 9.96 Å². The quantitative estimate of drug-likeness (QED) is 0.263. The normalized spacial score (nSPS) is 11.0. The molecule has 0 aliphatic heterocycles. The van der Waals surface area contributed by atoms with Crippen LogP contribution in [0.2, 0.25) is 0 Å². The van der Waals surface area contributed by atoms with E-state index in [1.807, 2.05) is 5.38 Å². The molecule has 4 rings (SSSR count). The molecule has 0 radical (unpaired) electrons. The van der Waals surface area contributed by atoms with Gasteiger partial charge in [-0.25, -0.2) is 8.42 Å². The monoisotopic (exact) mass is 498 g/mol. The fourth-order valence-electron chi connectivity index (χ4n) is 2.85. The standard InChI is InChI=1S/C23H18N2O5S3/c26-21(30-19-11-9-17(10-12-19)24-23(27)20-3-1-13-31-20)15-16-5-7-18(8-6-16)25-33(28,29)22-4-2-14-32-22/h1-14,25H,15H2,(H,24,27). The number of anilines is 2. The van der Waals surface area contributed by atoms with E-state index in [2.05, 4.69) is 10.0 Å². The molecule has 0 aliphatic rings. The van der Waals surface area contributed by atoms with Crippen LogP contribution >= 0.6 is 22.7 Å². The maximum absolute atomic E-state index is 12.3. The maximum atomic E-state index is 12.3. The highest BCUT2D eigenvalue weighted by Gasteiger charge is 2.15. The first-order chi connectivity index (χ1) is 15.9. The molecular formula is C23H18N2O5S3. The Bertz CT molecular complexity index is 1330. The Balaban J connectivity index is 1.30. The second-order valence-electron chi connectivity index (χ2n) is 6.84. The van der Waals surface area contributed by atoms with Crippen molar-refractivity contribution in [1.82, 2.24) is 0 Å². The van der Waals surface area contributed by atoms with Crippen LogP contribution < -0.4 is 14.8 Å². The highest BCUT2D eigenvalue weighted by Crippen LogP contribution is 2.21. The number of sulfonamides is 1. The smallest absolute Gasteiger partial charge is 0.315 e. The summed E-state index contributed by atoms with van der Waals surface area (Å²) in [5, 5.41) is 6.30. The summed E-state index contributed by atoms with van der Waals surface area (Å²) in [7, 11) is -3.62. The predicted molar refractivity (Wildman–Crippen MR) is 130 cm³/mol. The molecule has 0 unspecified atom stereocenters. The van der Waals surface area contributed by atoms with Crippen molar-refractivity contribution >= 4 is 55.9 Å². The van der Waals surface area contributed by atoms with E-state index in [9.17, 15) is 18.0 Å². The second kappa shape index (κ2) is 9.99. The van der Waals surface area contributed by atoms with Crippen molar-refractivity contribution in [3.05, 3.63) is 94.0 Å². The molecule has 10 heteroatoms. The number of amides is 1. The van der Waals surface area contributed by atoms with E-state index in [1.165, 1.54) is 17.4 Å². The van der Waals surface area contributed by atoms with E-state index < -0.39 is 16.0 Å². The summed E-state index contributed by atoms with van der Waals surface area (Å²) in [6, 6.07) is 19.8. The van der Waals surface area contributed by atoms with Crippen LogP contribution in [0.4, 0.5) is 11.4 Å². The molecule has 168 valence electrons. The maximum Gasteiger partial charge on any atom is 0.315 e. The van der Waals surface area contributed by atoms with Gasteiger partial charge in [-0.2, -0.15) is 0 Å². The molecule has 2 heterocycles. The van der Waals surface area contributed by atoms with E-state index >= 15 is 0 Å². The number of ether oxygens (including phenoxy) is 1. The number of thiophene rings is 2. The molecule has 2 aromatic heterocycles. The SMILES string of the molecule is O=C(Cc1ccc(NS(=O)(=O)c2cccs2)cc1)Oc1ccc(NC(=O)c2cccs2)cc1. The van der Waals surface area contributed by atoms with E-state index in [1.54, 1.807) is 72.1 Å². The lowest BCUT2D eigenvalue weighted by Crippen LogP contribution is -2.13. The fourth-order valence-corrected chi connectivity index (χ4v) is 5.52. The van der Waals surface area contributed by atoms with Gasteiger partial charge < -0.3 is 10.1 Å². The van der Waals surface area contributed by atoms with Gasteiger partial charge in [-0.1, -0.05) is 24.3 Å². The minimum Gasteiger partial charge on any atom is -0.426 e. The van der Waals surface area contributed by atoms with E-state index in [4.69, 9.17) is 4.74 Å². The number of carbonyl (C=O) groups excluding carboxylic acids is 2. The molecule has 33 heavy (non-hydrogen) atoms. The summed E-state index contributed by atoms with van der Waals surface area (Å²) in [5.41, 5.74) is 1.67. The van der Waals surface area contributed by atoms with Crippen LogP contribution in [0.3, 0.4) is 0 Å². The van der Waals surface area contributed by atoms with Gasteiger partial charge in [0.05, 0.1) is 11.3 Å². The van der Waals surface area contributed by atoms with Gasteiger partial charge in [-0.15, -0.1) is 22.7 Å². The molecule has 4 aromatic rings. The minimum atomic E-state index is -3.62. The Morgan fingerprint density at radius 3 is 2.12 bits per heavy atom. The molecule has 0 fully saturated rings. The Labute approximate surface area is 198 Å². The lowest BCUT2D eigenvalue weighted by molar-refractivity contribution is -0.133. The first-order valence-electron chi connectivity index (χ1n) is 9.70. The fraction of sp³-hybridized carbons (Fsp3) is 0.0435. The van der Waals surface area contributed by atoms with Gasteiger partial charge in [-0.3, -0.25) is 14.3 Å². The molecule has 2 aromatic carbocycles. The average molecular weight is 499 g/mol. The van der Waals surface area contributed by atoms with E-state index in [0.29, 0.717) is 27.6 Å². The number of benzene rings is 2. The zero-order valence-electron chi connectivity index (χ0n) is 17.1. The van der Waals surface area contributed by atoms with Gasteiger partial charge >= 0.3 is 5.97 Å². The van der Waals surface area contributed by atoms with Crippen molar-refractivity contribution in [2.24, 2.45) is 0 Å². The highest BCUT2D eigenvalue weighted by atomic mass is 32.2. The number of esters is 1. The van der Waals surface area contributed by atoms with Crippen LogP contribution in [-0.2, 0) is 21.2 Å². The second-order valence-corrected chi connectivity index (χ2v) is 10.6.